The SMILES string of the molecule is CN(CCCC(=O)Nc1ccccc1N)C1CCOC1. The third-order valence-corrected chi connectivity index (χ3v) is 3.68. The van der Waals surface area contributed by atoms with Crippen LogP contribution in [0.5, 0.6) is 0 Å². The molecule has 3 N–H and O–H groups in total. The molecule has 0 aliphatic carbocycles. The number of likely N-dealkylation sites (N-methyl/N-ethyl adjacent to an activating group) is 1. The van der Waals surface area contributed by atoms with Crippen LogP contribution in [0.25, 0.3) is 0 Å². The lowest BCUT2D eigenvalue weighted by molar-refractivity contribution is -0.116. The second-order valence-electron chi connectivity index (χ2n) is 5.24. The van der Waals surface area contributed by atoms with Gasteiger partial charge in [-0.15, -0.1) is 0 Å². The van der Waals surface area contributed by atoms with Crippen molar-refractivity contribution in [3.8, 4) is 0 Å². The molecule has 0 aromatic heterocycles. The molecule has 1 aliphatic heterocycles. The summed E-state index contributed by atoms with van der Waals surface area (Å²) in [6.07, 6.45) is 2.43. The zero-order chi connectivity index (χ0) is 14.4. The number of nitrogen functional groups attached to an aromatic ring is 1. The van der Waals surface area contributed by atoms with E-state index in [-0.39, 0.29) is 5.91 Å². The molecule has 1 unspecified atom stereocenters. The molecule has 1 fully saturated rings. The Bertz CT molecular complexity index is 444. The average molecular weight is 277 g/mol. The second kappa shape index (κ2) is 7.26. The Labute approximate surface area is 120 Å². The summed E-state index contributed by atoms with van der Waals surface area (Å²) in [6, 6.07) is 7.81. The Morgan fingerprint density at radius 2 is 2.30 bits per heavy atom. The molecule has 1 heterocycles. The van der Waals surface area contributed by atoms with E-state index in [1.54, 1.807) is 6.07 Å². The Morgan fingerprint density at radius 3 is 3.00 bits per heavy atom. The van der Waals surface area contributed by atoms with Gasteiger partial charge in [-0.1, -0.05) is 12.1 Å². The fourth-order valence-corrected chi connectivity index (χ4v) is 2.36. The number of para-hydroxylation sites is 2. The summed E-state index contributed by atoms with van der Waals surface area (Å²) in [5.74, 6) is 0.0129. The Morgan fingerprint density at radius 1 is 1.50 bits per heavy atom. The quantitative estimate of drug-likeness (QED) is 0.777. The second-order valence-corrected chi connectivity index (χ2v) is 5.24. The van der Waals surface area contributed by atoms with E-state index in [1.807, 2.05) is 18.2 Å². The lowest BCUT2D eigenvalue weighted by Gasteiger charge is -2.22. The van der Waals surface area contributed by atoms with Crippen LogP contribution in [0.1, 0.15) is 19.3 Å². The molecule has 1 saturated heterocycles. The number of rotatable bonds is 6. The first-order chi connectivity index (χ1) is 9.66. The lowest BCUT2D eigenvalue weighted by atomic mass is 10.2. The molecule has 1 aromatic rings. The number of nitrogens with zero attached hydrogens (tertiary/aromatic N) is 1. The number of hydrogen-bond acceptors (Lipinski definition) is 4. The monoisotopic (exact) mass is 277 g/mol. The average Bonchev–Trinajstić information content (AvgIpc) is 2.95. The smallest absolute Gasteiger partial charge is 0.224 e. The van der Waals surface area contributed by atoms with Crippen molar-refractivity contribution in [1.82, 2.24) is 4.90 Å². The van der Waals surface area contributed by atoms with Gasteiger partial charge in [0.1, 0.15) is 0 Å². The minimum Gasteiger partial charge on any atom is -0.397 e. The predicted molar refractivity (Wildman–Crippen MR) is 80.6 cm³/mol. The molecular weight excluding hydrogens is 254 g/mol. The number of amides is 1. The number of hydrogen-bond donors (Lipinski definition) is 2. The van der Waals surface area contributed by atoms with E-state index in [2.05, 4.69) is 17.3 Å². The molecular formula is C15H23N3O2. The van der Waals surface area contributed by atoms with Crippen molar-refractivity contribution in [2.45, 2.75) is 25.3 Å². The minimum atomic E-state index is 0.0129. The molecule has 5 heteroatoms. The first-order valence-corrected chi connectivity index (χ1v) is 7.09. The number of ether oxygens (including phenoxy) is 1. The number of anilines is 2. The summed E-state index contributed by atoms with van der Waals surface area (Å²) in [4.78, 5) is 14.1. The number of carbonyl (C=O) groups excluding carboxylic acids is 1. The maximum Gasteiger partial charge on any atom is 0.224 e. The van der Waals surface area contributed by atoms with E-state index in [4.69, 9.17) is 10.5 Å². The van der Waals surface area contributed by atoms with Gasteiger partial charge in [-0.3, -0.25) is 4.79 Å². The van der Waals surface area contributed by atoms with Crippen LogP contribution in [0.4, 0.5) is 11.4 Å². The van der Waals surface area contributed by atoms with Gasteiger partial charge in [0.15, 0.2) is 0 Å². The number of carbonyl (C=O) groups is 1. The van der Waals surface area contributed by atoms with Crippen molar-refractivity contribution in [1.29, 1.82) is 0 Å². The lowest BCUT2D eigenvalue weighted by Crippen LogP contribution is -2.33. The first-order valence-electron chi connectivity index (χ1n) is 7.09. The van der Waals surface area contributed by atoms with E-state index in [0.29, 0.717) is 23.8 Å². The van der Waals surface area contributed by atoms with Crippen molar-refractivity contribution >= 4 is 17.3 Å². The fourth-order valence-electron chi connectivity index (χ4n) is 2.36. The van der Waals surface area contributed by atoms with Gasteiger partial charge < -0.3 is 20.7 Å². The van der Waals surface area contributed by atoms with Crippen molar-refractivity contribution in [3.63, 3.8) is 0 Å². The molecule has 5 nitrogen and oxygen atoms in total. The number of nitrogens with two attached hydrogens (primary N) is 1. The summed E-state index contributed by atoms with van der Waals surface area (Å²) in [6.45, 7) is 2.57. The zero-order valence-corrected chi connectivity index (χ0v) is 12.0. The molecule has 20 heavy (non-hydrogen) atoms. The summed E-state index contributed by atoms with van der Waals surface area (Å²) in [5, 5.41) is 2.85. The minimum absolute atomic E-state index is 0.0129. The maximum absolute atomic E-state index is 11.9. The molecule has 1 amide bonds. The van der Waals surface area contributed by atoms with E-state index in [1.165, 1.54) is 0 Å². The van der Waals surface area contributed by atoms with Gasteiger partial charge in [0.25, 0.3) is 0 Å². The maximum atomic E-state index is 11.9. The van der Waals surface area contributed by atoms with Crippen molar-refractivity contribution in [3.05, 3.63) is 24.3 Å². The van der Waals surface area contributed by atoms with E-state index >= 15 is 0 Å². The van der Waals surface area contributed by atoms with Gasteiger partial charge in [0, 0.05) is 19.1 Å². The normalized spacial score (nSPS) is 18.4. The highest BCUT2D eigenvalue weighted by Gasteiger charge is 2.19. The van der Waals surface area contributed by atoms with Gasteiger partial charge in [0.2, 0.25) is 5.91 Å². The van der Waals surface area contributed by atoms with Crippen LogP contribution in [0.15, 0.2) is 24.3 Å². The molecule has 1 aliphatic rings. The standard InChI is InChI=1S/C15H23N3O2/c1-18(12-8-10-20-11-12)9-4-7-15(19)17-14-6-3-2-5-13(14)16/h2-3,5-6,12H,4,7-11,16H2,1H3,(H,17,19). The van der Waals surface area contributed by atoms with Gasteiger partial charge >= 0.3 is 0 Å². The number of nitrogens with one attached hydrogen (secondary N) is 1. The van der Waals surface area contributed by atoms with Crippen molar-refractivity contribution < 1.29 is 9.53 Å². The van der Waals surface area contributed by atoms with Crippen LogP contribution in [0, 0.1) is 0 Å². The summed E-state index contributed by atoms with van der Waals surface area (Å²) in [5.41, 5.74) is 7.08. The highest BCUT2D eigenvalue weighted by Crippen LogP contribution is 2.17. The molecule has 0 bridgehead atoms. The Kier molecular flexibility index (Phi) is 5.38. The van der Waals surface area contributed by atoms with Crippen molar-refractivity contribution in [2.75, 3.05) is 37.9 Å². The van der Waals surface area contributed by atoms with Gasteiger partial charge in [-0.05, 0) is 38.6 Å². The number of benzene rings is 1. The van der Waals surface area contributed by atoms with Crippen LogP contribution in [0.2, 0.25) is 0 Å². The Hall–Kier alpha value is -1.59. The van der Waals surface area contributed by atoms with E-state index < -0.39 is 0 Å². The summed E-state index contributed by atoms with van der Waals surface area (Å²) < 4.78 is 5.36. The molecule has 0 radical (unpaired) electrons. The van der Waals surface area contributed by atoms with Gasteiger partial charge in [0.05, 0.1) is 18.0 Å². The molecule has 0 spiro atoms. The predicted octanol–water partition coefficient (Wildman–Crippen LogP) is 1.71. The van der Waals surface area contributed by atoms with E-state index in [0.717, 1.165) is 32.6 Å². The largest absolute Gasteiger partial charge is 0.397 e. The Balaban J connectivity index is 1.69. The third kappa shape index (κ3) is 4.21. The van der Waals surface area contributed by atoms with Crippen LogP contribution in [-0.2, 0) is 9.53 Å². The third-order valence-electron chi connectivity index (χ3n) is 3.68. The van der Waals surface area contributed by atoms with Crippen LogP contribution in [-0.4, -0.2) is 43.7 Å². The topological polar surface area (TPSA) is 67.6 Å². The molecule has 1 atom stereocenters. The molecule has 0 saturated carbocycles. The van der Waals surface area contributed by atoms with Gasteiger partial charge in [-0.2, -0.15) is 0 Å². The van der Waals surface area contributed by atoms with E-state index in [9.17, 15) is 4.79 Å². The fraction of sp³-hybridized carbons (Fsp3) is 0.533. The molecule has 1 aromatic carbocycles. The first kappa shape index (κ1) is 14.8. The van der Waals surface area contributed by atoms with Crippen LogP contribution < -0.4 is 11.1 Å². The summed E-state index contributed by atoms with van der Waals surface area (Å²) >= 11 is 0. The molecule has 2 rings (SSSR count). The van der Waals surface area contributed by atoms with Crippen LogP contribution in [0.3, 0.4) is 0 Å². The highest BCUT2D eigenvalue weighted by molar-refractivity contribution is 5.93. The highest BCUT2D eigenvalue weighted by atomic mass is 16.5. The molecule has 110 valence electrons. The van der Waals surface area contributed by atoms with Crippen molar-refractivity contribution in [2.24, 2.45) is 0 Å². The zero-order valence-electron chi connectivity index (χ0n) is 12.0. The van der Waals surface area contributed by atoms with Gasteiger partial charge in [-0.25, -0.2) is 0 Å². The summed E-state index contributed by atoms with van der Waals surface area (Å²) in [7, 11) is 2.09. The van der Waals surface area contributed by atoms with Crippen LogP contribution >= 0.6 is 0 Å².